The highest BCUT2D eigenvalue weighted by Crippen LogP contribution is 2.36. The summed E-state index contributed by atoms with van der Waals surface area (Å²) in [5.74, 6) is -1.38. The normalized spacial score (nSPS) is 27.5. The average Bonchev–Trinajstić information content (AvgIpc) is 2.94. The quantitative estimate of drug-likeness (QED) is 0.527. The monoisotopic (exact) mass is 442 g/mol. The molecule has 172 valence electrons. The Morgan fingerprint density at radius 3 is 2.09 bits per heavy atom. The largest absolute Gasteiger partial charge is 0.479 e. The number of aryl methyl sites for hydroxylation is 2. The summed E-state index contributed by atoms with van der Waals surface area (Å²) >= 11 is 0. The van der Waals surface area contributed by atoms with Gasteiger partial charge in [0.05, 0.1) is 0 Å². The number of aliphatic carboxylic acids is 1. The maximum absolute atomic E-state index is 11.4. The van der Waals surface area contributed by atoms with Crippen LogP contribution >= 0.6 is 0 Å². The van der Waals surface area contributed by atoms with Gasteiger partial charge in [0.15, 0.2) is 6.10 Å². The number of aliphatic hydroxyl groups excluding tert-OH is 3. The molecule has 5 unspecified atom stereocenters. The van der Waals surface area contributed by atoms with Crippen LogP contribution in [0.5, 0.6) is 0 Å². The van der Waals surface area contributed by atoms with Crippen molar-refractivity contribution in [2.45, 2.75) is 49.9 Å². The summed E-state index contributed by atoms with van der Waals surface area (Å²) in [6.07, 6.45) is -4.65. The second-order valence-electron chi connectivity index (χ2n) is 8.50. The molecule has 2 heterocycles. The van der Waals surface area contributed by atoms with Crippen LogP contribution in [-0.2, 0) is 22.4 Å². The van der Waals surface area contributed by atoms with E-state index in [0.717, 1.165) is 12.8 Å². The van der Waals surface area contributed by atoms with Gasteiger partial charge in [-0.15, -0.1) is 0 Å². The van der Waals surface area contributed by atoms with Crippen LogP contribution in [0.4, 0.5) is 11.4 Å². The van der Waals surface area contributed by atoms with E-state index >= 15 is 0 Å². The van der Waals surface area contributed by atoms with E-state index < -0.39 is 36.6 Å². The van der Waals surface area contributed by atoms with E-state index in [1.807, 2.05) is 12.1 Å². The molecule has 4 rings (SSSR count). The maximum atomic E-state index is 11.4. The molecule has 1 saturated heterocycles. The van der Waals surface area contributed by atoms with Crippen LogP contribution in [0.15, 0.2) is 48.5 Å². The van der Waals surface area contributed by atoms with Crippen LogP contribution < -0.4 is 4.90 Å². The summed E-state index contributed by atoms with van der Waals surface area (Å²) in [5, 5.41) is 39.6. The van der Waals surface area contributed by atoms with E-state index in [-0.39, 0.29) is 0 Å². The molecule has 2 aromatic rings. The van der Waals surface area contributed by atoms with Crippen molar-refractivity contribution in [2.75, 3.05) is 25.0 Å². The maximum Gasteiger partial charge on any atom is 0.335 e. The molecular formula is C24H30N2O6. The molecule has 8 nitrogen and oxygen atoms in total. The Kier molecular flexibility index (Phi) is 6.78. The molecular weight excluding hydrogens is 412 g/mol. The lowest BCUT2D eigenvalue weighted by Crippen LogP contribution is -2.63. The highest BCUT2D eigenvalue weighted by Gasteiger charge is 2.48. The Morgan fingerprint density at radius 2 is 1.53 bits per heavy atom. The number of carboxylic acids is 1. The van der Waals surface area contributed by atoms with Gasteiger partial charge in [-0.2, -0.15) is 0 Å². The average molecular weight is 443 g/mol. The zero-order chi connectivity index (χ0) is 22.8. The lowest BCUT2D eigenvalue weighted by molar-refractivity contribution is -0.256. The third-order valence-electron chi connectivity index (χ3n) is 6.39. The Labute approximate surface area is 187 Å². The third kappa shape index (κ3) is 4.37. The number of carboxylic acid groups (broad SMARTS) is 1. The summed E-state index contributed by atoms with van der Waals surface area (Å²) in [7, 11) is 1.71. The Morgan fingerprint density at radius 1 is 0.969 bits per heavy atom. The van der Waals surface area contributed by atoms with Crippen molar-refractivity contribution in [1.29, 1.82) is 0 Å². The zero-order valence-electron chi connectivity index (χ0n) is 18.0. The summed E-state index contributed by atoms with van der Waals surface area (Å²) in [6, 6.07) is 16.8. The first-order valence-electron chi connectivity index (χ1n) is 10.9. The predicted molar refractivity (Wildman–Crippen MR) is 119 cm³/mol. The Bertz CT molecular complexity index is 906. The van der Waals surface area contributed by atoms with Gasteiger partial charge < -0.3 is 30.1 Å². The fourth-order valence-corrected chi connectivity index (χ4v) is 4.65. The summed E-state index contributed by atoms with van der Waals surface area (Å²) in [6.45, 7) is 1.21. The van der Waals surface area contributed by atoms with Crippen molar-refractivity contribution in [3.8, 4) is 0 Å². The molecule has 0 aliphatic carbocycles. The van der Waals surface area contributed by atoms with Gasteiger partial charge in [-0.05, 0) is 49.6 Å². The van der Waals surface area contributed by atoms with Gasteiger partial charge in [0, 0.05) is 24.5 Å². The van der Waals surface area contributed by atoms with Crippen molar-refractivity contribution in [2.24, 2.45) is 0 Å². The van der Waals surface area contributed by atoms with Crippen molar-refractivity contribution in [3.63, 3.8) is 0 Å². The number of aliphatic hydroxyl groups is 3. The smallest absolute Gasteiger partial charge is 0.335 e. The fourth-order valence-electron chi connectivity index (χ4n) is 4.65. The van der Waals surface area contributed by atoms with Crippen LogP contribution in [0.25, 0.3) is 0 Å². The number of fused-ring (bicyclic) bond motifs is 2. The van der Waals surface area contributed by atoms with Crippen molar-refractivity contribution in [1.82, 2.24) is 4.90 Å². The minimum atomic E-state index is -1.68. The van der Waals surface area contributed by atoms with Gasteiger partial charge in [-0.1, -0.05) is 36.4 Å². The lowest BCUT2D eigenvalue weighted by atomic mass is 9.97. The van der Waals surface area contributed by atoms with Gasteiger partial charge >= 0.3 is 5.97 Å². The first-order chi connectivity index (χ1) is 15.4. The number of hydrogen-bond acceptors (Lipinski definition) is 7. The number of ether oxygens (including phenoxy) is 1. The number of carbonyl (C=O) groups is 1. The minimum absolute atomic E-state index is 0.498. The third-order valence-corrected chi connectivity index (χ3v) is 6.39. The van der Waals surface area contributed by atoms with Gasteiger partial charge in [-0.25, -0.2) is 4.79 Å². The van der Waals surface area contributed by atoms with Gasteiger partial charge in [0.25, 0.3) is 0 Å². The predicted octanol–water partition coefficient (Wildman–Crippen LogP) is 1.14. The molecule has 0 aromatic heterocycles. The molecule has 2 aliphatic heterocycles. The highest BCUT2D eigenvalue weighted by molar-refractivity contribution is 5.73. The van der Waals surface area contributed by atoms with Crippen LogP contribution in [0, 0.1) is 0 Å². The molecule has 2 aromatic carbocycles. The molecule has 0 radical (unpaired) electrons. The molecule has 0 amide bonds. The first kappa shape index (κ1) is 22.7. The van der Waals surface area contributed by atoms with Crippen LogP contribution in [0.2, 0.25) is 0 Å². The van der Waals surface area contributed by atoms with Crippen LogP contribution in [-0.4, -0.2) is 82.1 Å². The van der Waals surface area contributed by atoms with E-state index in [9.17, 15) is 25.2 Å². The number of rotatable bonds is 6. The van der Waals surface area contributed by atoms with Gasteiger partial charge in [0.2, 0.25) is 0 Å². The number of hydrogen-bond donors (Lipinski definition) is 4. The fraction of sp³-hybridized carbons (Fsp3) is 0.458. The number of para-hydroxylation sites is 2. The molecule has 4 N–H and O–H groups in total. The Balaban J connectivity index is 1.47. The molecule has 32 heavy (non-hydrogen) atoms. The highest BCUT2D eigenvalue weighted by atomic mass is 16.6. The van der Waals surface area contributed by atoms with Gasteiger partial charge in [-0.3, -0.25) is 4.90 Å². The Hall–Kier alpha value is -2.49. The minimum Gasteiger partial charge on any atom is -0.479 e. The standard InChI is InChI=1S/C24H30N2O6/c1-25(23-21(29)19(27)20(28)22(32-23)24(30)31)13-6-14-26-17-9-4-2-7-15(17)11-12-16-8-3-5-10-18(16)26/h2-5,7-10,19-23,27-29H,6,11-14H2,1H3,(H,30,31). The lowest BCUT2D eigenvalue weighted by Gasteiger charge is -2.42. The van der Waals surface area contributed by atoms with Crippen molar-refractivity contribution < 1.29 is 30.0 Å². The van der Waals surface area contributed by atoms with E-state index in [2.05, 4.69) is 41.3 Å². The number of nitrogens with zero attached hydrogens (tertiary/aromatic N) is 2. The van der Waals surface area contributed by atoms with E-state index in [0.29, 0.717) is 19.5 Å². The van der Waals surface area contributed by atoms with Crippen LogP contribution in [0.3, 0.4) is 0 Å². The van der Waals surface area contributed by atoms with E-state index in [1.165, 1.54) is 22.5 Å². The molecule has 0 saturated carbocycles. The van der Waals surface area contributed by atoms with Crippen molar-refractivity contribution >= 4 is 17.3 Å². The van der Waals surface area contributed by atoms with E-state index in [4.69, 9.17) is 4.74 Å². The van der Waals surface area contributed by atoms with E-state index in [1.54, 1.807) is 11.9 Å². The molecule has 0 spiro atoms. The molecule has 2 aliphatic rings. The van der Waals surface area contributed by atoms with Crippen molar-refractivity contribution in [3.05, 3.63) is 59.7 Å². The number of benzene rings is 2. The first-order valence-corrected chi connectivity index (χ1v) is 10.9. The van der Waals surface area contributed by atoms with Crippen LogP contribution in [0.1, 0.15) is 17.5 Å². The SMILES string of the molecule is CN(CCCN1c2ccccc2CCc2ccccc21)C1OC(C(=O)O)C(O)C(O)C1O. The summed E-state index contributed by atoms with van der Waals surface area (Å²) in [4.78, 5) is 15.4. The second-order valence-corrected chi connectivity index (χ2v) is 8.50. The summed E-state index contributed by atoms with van der Waals surface area (Å²) in [5.41, 5.74) is 4.95. The zero-order valence-corrected chi connectivity index (χ0v) is 18.0. The molecule has 8 heteroatoms. The molecule has 5 atom stereocenters. The second kappa shape index (κ2) is 9.56. The summed E-state index contributed by atoms with van der Waals surface area (Å²) < 4.78 is 5.43. The number of anilines is 2. The number of likely N-dealkylation sites (N-methyl/N-ethyl adjacent to an activating group) is 1. The molecule has 1 fully saturated rings. The van der Waals surface area contributed by atoms with Gasteiger partial charge in [0.1, 0.15) is 24.5 Å². The topological polar surface area (TPSA) is 114 Å². The molecule has 0 bridgehead atoms.